The molecule has 0 aromatic rings. The summed E-state index contributed by atoms with van der Waals surface area (Å²) >= 11 is 0. The molecule has 3 saturated heterocycles. The number of nitrogens with one attached hydrogen (secondary N) is 2. The van der Waals surface area contributed by atoms with E-state index in [1.165, 1.54) is 26.2 Å². The van der Waals surface area contributed by atoms with Gasteiger partial charge in [0.2, 0.25) is 0 Å². The van der Waals surface area contributed by atoms with Gasteiger partial charge in [-0.1, -0.05) is 0 Å². The summed E-state index contributed by atoms with van der Waals surface area (Å²) in [7, 11) is 0. The molecule has 2 atom stereocenters. The SMILES string of the molecule is C[C@@H]1CNC[C@@H](CN2CC(N3CCNCC3)C2)O1. The van der Waals surface area contributed by atoms with Crippen molar-refractivity contribution in [3.8, 4) is 0 Å². The van der Waals surface area contributed by atoms with Gasteiger partial charge in [0.25, 0.3) is 0 Å². The molecule has 3 aliphatic heterocycles. The quantitative estimate of drug-likeness (QED) is 0.673. The van der Waals surface area contributed by atoms with Crippen molar-refractivity contribution in [3.63, 3.8) is 0 Å². The summed E-state index contributed by atoms with van der Waals surface area (Å²) in [6.45, 7) is 12.5. The minimum atomic E-state index is 0.369. The lowest BCUT2D eigenvalue weighted by molar-refractivity contribution is -0.0655. The zero-order valence-corrected chi connectivity index (χ0v) is 11.4. The summed E-state index contributed by atoms with van der Waals surface area (Å²) < 4.78 is 5.95. The molecule has 104 valence electrons. The van der Waals surface area contributed by atoms with Gasteiger partial charge in [-0.05, 0) is 6.92 Å². The summed E-state index contributed by atoms with van der Waals surface area (Å²) in [6.07, 6.45) is 0.756. The van der Waals surface area contributed by atoms with Crippen LogP contribution in [-0.2, 0) is 4.74 Å². The lowest BCUT2D eigenvalue weighted by Gasteiger charge is -2.48. The van der Waals surface area contributed by atoms with E-state index in [0.717, 1.165) is 38.8 Å². The van der Waals surface area contributed by atoms with Gasteiger partial charge in [0.05, 0.1) is 12.2 Å². The van der Waals surface area contributed by atoms with E-state index in [0.29, 0.717) is 12.2 Å². The molecular formula is C13H26N4O. The fourth-order valence-electron chi connectivity index (χ4n) is 3.24. The Balaban J connectivity index is 1.37. The average molecular weight is 254 g/mol. The van der Waals surface area contributed by atoms with Crippen LogP contribution in [0.3, 0.4) is 0 Å². The van der Waals surface area contributed by atoms with Crippen LogP contribution in [-0.4, -0.2) is 87.0 Å². The van der Waals surface area contributed by atoms with E-state index in [9.17, 15) is 0 Å². The van der Waals surface area contributed by atoms with Gasteiger partial charge in [0, 0.05) is 64.9 Å². The Bertz CT molecular complexity index is 264. The second-order valence-electron chi connectivity index (χ2n) is 5.89. The number of piperazine rings is 1. The standard InChI is InChI=1S/C13H26N4O/c1-11-6-15-7-13(18-11)10-16-8-12(9-16)17-4-2-14-3-5-17/h11-15H,2-10H2,1H3/t11-,13+/m1/s1. The van der Waals surface area contributed by atoms with E-state index in [4.69, 9.17) is 4.74 Å². The maximum Gasteiger partial charge on any atom is 0.0830 e. The third-order valence-corrected chi connectivity index (χ3v) is 4.30. The predicted molar refractivity (Wildman–Crippen MR) is 71.9 cm³/mol. The van der Waals surface area contributed by atoms with E-state index in [-0.39, 0.29) is 0 Å². The number of hydrogen-bond donors (Lipinski definition) is 2. The highest BCUT2D eigenvalue weighted by Crippen LogP contribution is 2.17. The Morgan fingerprint density at radius 2 is 1.89 bits per heavy atom. The van der Waals surface area contributed by atoms with Crippen LogP contribution in [0.2, 0.25) is 0 Å². The van der Waals surface area contributed by atoms with Crippen LogP contribution >= 0.6 is 0 Å². The first-order chi connectivity index (χ1) is 8.81. The van der Waals surface area contributed by atoms with Crippen molar-refractivity contribution < 1.29 is 4.74 Å². The Labute approximate surface area is 110 Å². The molecule has 0 aromatic carbocycles. The largest absolute Gasteiger partial charge is 0.371 e. The summed E-state index contributed by atoms with van der Waals surface area (Å²) in [5.41, 5.74) is 0. The van der Waals surface area contributed by atoms with E-state index < -0.39 is 0 Å². The number of morpholine rings is 1. The third-order valence-electron chi connectivity index (χ3n) is 4.30. The van der Waals surface area contributed by atoms with Crippen molar-refractivity contribution >= 4 is 0 Å². The topological polar surface area (TPSA) is 39.8 Å². The molecule has 0 bridgehead atoms. The fraction of sp³-hybridized carbons (Fsp3) is 1.00. The third kappa shape index (κ3) is 3.03. The normalized spacial score (nSPS) is 36.5. The van der Waals surface area contributed by atoms with Crippen molar-refractivity contribution in [1.82, 2.24) is 20.4 Å². The number of ether oxygens (including phenoxy) is 1. The van der Waals surface area contributed by atoms with Crippen molar-refractivity contribution in [2.75, 3.05) is 58.9 Å². The van der Waals surface area contributed by atoms with E-state index in [2.05, 4.69) is 27.4 Å². The van der Waals surface area contributed by atoms with Crippen LogP contribution in [0.5, 0.6) is 0 Å². The molecule has 3 aliphatic rings. The Morgan fingerprint density at radius 3 is 2.61 bits per heavy atom. The van der Waals surface area contributed by atoms with Gasteiger partial charge >= 0.3 is 0 Å². The van der Waals surface area contributed by atoms with Crippen molar-refractivity contribution in [3.05, 3.63) is 0 Å². The Hall–Kier alpha value is -0.200. The number of likely N-dealkylation sites (tertiary alicyclic amines) is 1. The van der Waals surface area contributed by atoms with Gasteiger partial charge in [-0.3, -0.25) is 9.80 Å². The molecule has 5 nitrogen and oxygen atoms in total. The minimum absolute atomic E-state index is 0.369. The molecule has 2 N–H and O–H groups in total. The Morgan fingerprint density at radius 1 is 1.11 bits per heavy atom. The molecule has 0 aliphatic carbocycles. The van der Waals surface area contributed by atoms with E-state index >= 15 is 0 Å². The van der Waals surface area contributed by atoms with E-state index in [1.54, 1.807) is 0 Å². The summed E-state index contributed by atoms with van der Waals surface area (Å²) in [6, 6.07) is 0.793. The predicted octanol–water partition coefficient (Wildman–Crippen LogP) is -1.05. The number of rotatable bonds is 3. The van der Waals surface area contributed by atoms with Crippen LogP contribution in [0.15, 0.2) is 0 Å². The minimum Gasteiger partial charge on any atom is -0.371 e. The highest BCUT2D eigenvalue weighted by Gasteiger charge is 2.34. The number of nitrogens with zero attached hydrogens (tertiary/aromatic N) is 2. The first-order valence-corrected chi connectivity index (χ1v) is 7.34. The highest BCUT2D eigenvalue weighted by atomic mass is 16.5. The highest BCUT2D eigenvalue weighted by molar-refractivity contribution is 4.91. The number of hydrogen-bond acceptors (Lipinski definition) is 5. The van der Waals surface area contributed by atoms with Crippen molar-refractivity contribution in [2.45, 2.75) is 25.2 Å². The summed E-state index contributed by atoms with van der Waals surface area (Å²) in [5, 5.41) is 6.86. The first kappa shape index (κ1) is 12.8. The van der Waals surface area contributed by atoms with E-state index in [1.807, 2.05) is 0 Å². The fourth-order valence-corrected chi connectivity index (χ4v) is 3.24. The van der Waals surface area contributed by atoms with Gasteiger partial charge < -0.3 is 15.4 Å². The molecule has 0 aromatic heterocycles. The lowest BCUT2D eigenvalue weighted by Crippen LogP contribution is -2.64. The molecule has 5 heteroatoms. The molecule has 0 radical (unpaired) electrons. The molecule has 0 unspecified atom stereocenters. The maximum atomic E-state index is 5.95. The molecular weight excluding hydrogens is 228 g/mol. The molecule has 0 amide bonds. The second kappa shape index (κ2) is 5.84. The Kier molecular flexibility index (Phi) is 4.16. The summed E-state index contributed by atoms with van der Waals surface area (Å²) in [5.74, 6) is 0. The lowest BCUT2D eigenvalue weighted by atomic mass is 10.1. The molecule has 3 rings (SSSR count). The van der Waals surface area contributed by atoms with Crippen LogP contribution in [0.4, 0.5) is 0 Å². The maximum absolute atomic E-state index is 5.95. The van der Waals surface area contributed by atoms with Crippen molar-refractivity contribution in [2.24, 2.45) is 0 Å². The molecule has 3 heterocycles. The van der Waals surface area contributed by atoms with Gasteiger partial charge in [0.1, 0.15) is 0 Å². The zero-order chi connectivity index (χ0) is 12.4. The van der Waals surface area contributed by atoms with Crippen LogP contribution in [0.25, 0.3) is 0 Å². The van der Waals surface area contributed by atoms with Crippen molar-refractivity contribution in [1.29, 1.82) is 0 Å². The van der Waals surface area contributed by atoms with Gasteiger partial charge in [-0.25, -0.2) is 0 Å². The van der Waals surface area contributed by atoms with Crippen LogP contribution < -0.4 is 10.6 Å². The smallest absolute Gasteiger partial charge is 0.0830 e. The average Bonchev–Trinajstić information content (AvgIpc) is 2.34. The molecule has 3 fully saturated rings. The van der Waals surface area contributed by atoms with Gasteiger partial charge in [0.15, 0.2) is 0 Å². The molecule has 18 heavy (non-hydrogen) atoms. The van der Waals surface area contributed by atoms with Crippen LogP contribution in [0.1, 0.15) is 6.92 Å². The zero-order valence-electron chi connectivity index (χ0n) is 11.4. The van der Waals surface area contributed by atoms with Crippen LogP contribution in [0, 0.1) is 0 Å². The first-order valence-electron chi connectivity index (χ1n) is 7.34. The second-order valence-corrected chi connectivity index (χ2v) is 5.89. The molecule has 0 spiro atoms. The monoisotopic (exact) mass is 254 g/mol. The molecule has 0 saturated carbocycles. The van der Waals surface area contributed by atoms with Gasteiger partial charge in [-0.15, -0.1) is 0 Å². The van der Waals surface area contributed by atoms with Gasteiger partial charge in [-0.2, -0.15) is 0 Å². The summed E-state index contributed by atoms with van der Waals surface area (Å²) in [4.78, 5) is 5.17.